The Hall–Kier alpha value is -2.37. The second-order valence-corrected chi connectivity index (χ2v) is 3.07. The summed E-state index contributed by atoms with van der Waals surface area (Å²) < 4.78 is 4.40. The Morgan fingerprint density at radius 3 is 3.00 bits per heavy atom. The number of fused-ring (bicyclic) bond motifs is 1. The van der Waals surface area contributed by atoms with Gasteiger partial charge < -0.3 is 14.8 Å². The Morgan fingerprint density at radius 1 is 1.56 bits per heavy atom. The number of carbonyl (C=O) groups is 1. The minimum absolute atomic E-state index is 0.155. The van der Waals surface area contributed by atoms with Crippen LogP contribution in [0.3, 0.4) is 0 Å². The van der Waals surface area contributed by atoms with E-state index in [4.69, 9.17) is 0 Å². The standard InChI is InChI=1S/C10H8N2O4/c1-16-10(15)6-8(13)7-5(12-9(6)14)3-2-4-11-7/h2-4H,1H3,(H2,12,13,14). The molecule has 82 valence electrons. The first-order valence-electron chi connectivity index (χ1n) is 4.43. The van der Waals surface area contributed by atoms with Crippen LogP contribution in [0.2, 0.25) is 0 Å². The molecule has 0 bridgehead atoms. The van der Waals surface area contributed by atoms with Crippen LogP contribution in [-0.4, -0.2) is 28.2 Å². The van der Waals surface area contributed by atoms with E-state index in [1.165, 1.54) is 6.20 Å². The highest BCUT2D eigenvalue weighted by molar-refractivity contribution is 5.97. The Labute approximate surface area is 89.5 Å². The molecule has 0 saturated heterocycles. The fraction of sp³-hybridized carbons (Fsp3) is 0.100. The maximum absolute atomic E-state index is 11.5. The quantitative estimate of drug-likeness (QED) is 0.679. The topological polar surface area (TPSA) is 92.3 Å². The van der Waals surface area contributed by atoms with Gasteiger partial charge in [0, 0.05) is 6.20 Å². The van der Waals surface area contributed by atoms with Crippen LogP contribution in [0.1, 0.15) is 10.4 Å². The average Bonchev–Trinajstić information content (AvgIpc) is 2.28. The highest BCUT2D eigenvalue weighted by atomic mass is 16.5. The lowest BCUT2D eigenvalue weighted by atomic mass is 10.2. The summed E-state index contributed by atoms with van der Waals surface area (Å²) in [5, 5.41) is 9.75. The molecular weight excluding hydrogens is 212 g/mol. The van der Waals surface area contributed by atoms with E-state index in [2.05, 4.69) is 14.7 Å². The largest absolute Gasteiger partial charge is 0.505 e. The average molecular weight is 220 g/mol. The summed E-state index contributed by atoms with van der Waals surface area (Å²) in [6.07, 6.45) is 1.45. The maximum atomic E-state index is 11.5. The van der Waals surface area contributed by atoms with Crippen LogP contribution in [0.25, 0.3) is 11.0 Å². The molecule has 0 saturated carbocycles. The molecule has 16 heavy (non-hydrogen) atoms. The highest BCUT2D eigenvalue weighted by Gasteiger charge is 2.19. The SMILES string of the molecule is COC(=O)c1c(O)c2ncccc2[nH]c1=O. The van der Waals surface area contributed by atoms with Gasteiger partial charge in [0.1, 0.15) is 5.52 Å². The molecule has 0 radical (unpaired) electrons. The molecule has 6 heteroatoms. The van der Waals surface area contributed by atoms with E-state index in [0.717, 1.165) is 7.11 Å². The lowest BCUT2D eigenvalue weighted by Crippen LogP contribution is -2.19. The van der Waals surface area contributed by atoms with Crippen molar-refractivity contribution in [3.63, 3.8) is 0 Å². The number of rotatable bonds is 1. The van der Waals surface area contributed by atoms with Gasteiger partial charge in [-0.1, -0.05) is 0 Å². The number of hydrogen-bond donors (Lipinski definition) is 2. The molecule has 0 atom stereocenters. The highest BCUT2D eigenvalue weighted by Crippen LogP contribution is 2.22. The van der Waals surface area contributed by atoms with Crippen molar-refractivity contribution in [3.8, 4) is 5.75 Å². The number of carbonyl (C=O) groups excluding carboxylic acids is 1. The van der Waals surface area contributed by atoms with Gasteiger partial charge in [-0.05, 0) is 12.1 Å². The summed E-state index contributed by atoms with van der Waals surface area (Å²) in [7, 11) is 1.13. The maximum Gasteiger partial charge on any atom is 0.347 e. The summed E-state index contributed by atoms with van der Waals surface area (Å²) in [6, 6.07) is 3.18. The van der Waals surface area contributed by atoms with Crippen molar-refractivity contribution in [2.24, 2.45) is 0 Å². The molecule has 2 aromatic heterocycles. The predicted octanol–water partition coefficient (Wildman–Crippen LogP) is 0.415. The fourth-order valence-electron chi connectivity index (χ4n) is 1.40. The zero-order valence-corrected chi connectivity index (χ0v) is 8.35. The van der Waals surface area contributed by atoms with Gasteiger partial charge in [0.2, 0.25) is 0 Å². The zero-order chi connectivity index (χ0) is 11.7. The van der Waals surface area contributed by atoms with Crippen LogP contribution in [0, 0.1) is 0 Å². The van der Waals surface area contributed by atoms with Gasteiger partial charge in [0.25, 0.3) is 5.56 Å². The molecule has 2 rings (SSSR count). The van der Waals surface area contributed by atoms with Gasteiger partial charge in [0.15, 0.2) is 11.3 Å². The monoisotopic (exact) mass is 220 g/mol. The lowest BCUT2D eigenvalue weighted by molar-refractivity contribution is 0.0595. The third-order valence-corrected chi connectivity index (χ3v) is 2.13. The van der Waals surface area contributed by atoms with E-state index in [1.807, 2.05) is 0 Å². The fourth-order valence-corrected chi connectivity index (χ4v) is 1.40. The number of esters is 1. The number of methoxy groups -OCH3 is 1. The number of pyridine rings is 2. The first-order valence-corrected chi connectivity index (χ1v) is 4.43. The molecule has 0 aromatic carbocycles. The van der Waals surface area contributed by atoms with Crippen LogP contribution < -0.4 is 5.56 Å². The van der Waals surface area contributed by atoms with Gasteiger partial charge in [-0.3, -0.25) is 9.78 Å². The molecule has 0 spiro atoms. The van der Waals surface area contributed by atoms with Crippen LogP contribution >= 0.6 is 0 Å². The lowest BCUT2D eigenvalue weighted by Gasteiger charge is -2.04. The van der Waals surface area contributed by atoms with Crippen molar-refractivity contribution in [2.45, 2.75) is 0 Å². The Bertz CT molecular complexity index is 618. The Morgan fingerprint density at radius 2 is 2.31 bits per heavy atom. The molecule has 0 aliphatic carbocycles. The second-order valence-electron chi connectivity index (χ2n) is 3.07. The smallest absolute Gasteiger partial charge is 0.347 e. The summed E-state index contributed by atoms with van der Waals surface area (Å²) >= 11 is 0. The number of ether oxygens (including phenoxy) is 1. The summed E-state index contributed by atoms with van der Waals surface area (Å²) in [5.41, 5.74) is -0.626. The zero-order valence-electron chi connectivity index (χ0n) is 8.35. The molecule has 2 aromatic rings. The van der Waals surface area contributed by atoms with Crippen LogP contribution in [0.15, 0.2) is 23.1 Å². The number of nitrogens with zero attached hydrogens (tertiary/aromatic N) is 1. The molecule has 0 aliphatic heterocycles. The van der Waals surface area contributed by atoms with Gasteiger partial charge in [-0.2, -0.15) is 0 Å². The van der Waals surface area contributed by atoms with Crippen molar-refractivity contribution in [1.29, 1.82) is 0 Å². The Kier molecular flexibility index (Phi) is 2.32. The molecule has 2 N–H and O–H groups in total. The molecule has 0 aliphatic rings. The second kappa shape index (κ2) is 3.65. The number of H-pyrrole nitrogens is 1. The van der Waals surface area contributed by atoms with Crippen molar-refractivity contribution in [1.82, 2.24) is 9.97 Å². The summed E-state index contributed by atoms with van der Waals surface area (Å²) in [6.45, 7) is 0. The van der Waals surface area contributed by atoms with Crippen LogP contribution in [0.4, 0.5) is 0 Å². The third-order valence-electron chi connectivity index (χ3n) is 2.13. The van der Waals surface area contributed by atoms with Crippen molar-refractivity contribution < 1.29 is 14.6 Å². The normalized spacial score (nSPS) is 10.3. The third kappa shape index (κ3) is 1.40. The van der Waals surface area contributed by atoms with E-state index < -0.39 is 22.8 Å². The molecule has 2 heterocycles. The molecule has 0 fully saturated rings. The summed E-state index contributed by atoms with van der Waals surface area (Å²) in [4.78, 5) is 29.1. The minimum Gasteiger partial charge on any atom is -0.505 e. The van der Waals surface area contributed by atoms with Gasteiger partial charge in [-0.15, -0.1) is 0 Å². The summed E-state index contributed by atoms with van der Waals surface area (Å²) in [5.74, 6) is -1.36. The van der Waals surface area contributed by atoms with Gasteiger partial charge in [-0.25, -0.2) is 4.79 Å². The van der Waals surface area contributed by atoms with Crippen molar-refractivity contribution in [3.05, 3.63) is 34.2 Å². The van der Waals surface area contributed by atoms with Crippen molar-refractivity contribution >= 4 is 17.0 Å². The van der Waals surface area contributed by atoms with Gasteiger partial charge >= 0.3 is 5.97 Å². The number of aromatic nitrogens is 2. The van der Waals surface area contributed by atoms with Crippen LogP contribution in [0.5, 0.6) is 5.75 Å². The molecule has 0 unspecified atom stereocenters. The van der Waals surface area contributed by atoms with E-state index in [1.54, 1.807) is 12.1 Å². The first-order chi connectivity index (χ1) is 7.65. The molecular formula is C10H8N2O4. The number of aromatic hydroxyl groups is 1. The van der Waals surface area contributed by atoms with Gasteiger partial charge in [0.05, 0.1) is 12.6 Å². The Balaban J connectivity index is 2.86. The van der Waals surface area contributed by atoms with E-state index >= 15 is 0 Å². The molecule has 6 nitrogen and oxygen atoms in total. The minimum atomic E-state index is -0.897. The predicted molar refractivity (Wildman–Crippen MR) is 55.4 cm³/mol. The number of nitrogens with one attached hydrogen (secondary N) is 1. The van der Waals surface area contributed by atoms with Crippen molar-refractivity contribution in [2.75, 3.05) is 7.11 Å². The van der Waals surface area contributed by atoms with E-state index in [0.29, 0.717) is 5.52 Å². The van der Waals surface area contributed by atoms with Crippen LogP contribution in [-0.2, 0) is 4.74 Å². The van der Waals surface area contributed by atoms with E-state index in [-0.39, 0.29) is 5.52 Å². The first kappa shape index (κ1) is 10.2. The molecule has 0 amide bonds. The van der Waals surface area contributed by atoms with E-state index in [9.17, 15) is 14.7 Å². The number of hydrogen-bond acceptors (Lipinski definition) is 5. The number of aromatic amines is 1.